The van der Waals surface area contributed by atoms with Crippen molar-refractivity contribution in [3.8, 4) is 5.75 Å². The lowest BCUT2D eigenvalue weighted by atomic mass is 9.85. The van der Waals surface area contributed by atoms with Crippen LogP contribution in [0.3, 0.4) is 0 Å². The van der Waals surface area contributed by atoms with Gasteiger partial charge >= 0.3 is 12.4 Å². The van der Waals surface area contributed by atoms with Gasteiger partial charge in [-0.15, -0.1) is 13.2 Å². The van der Waals surface area contributed by atoms with Crippen LogP contribution in [-0.4, -0.2) is 36.3 Å². The third kappa shape index (κ3) is 5.15. The second kappa shape index (κ2) is 9.10. The normalized spacial score (nSPS) is 17.2. The number of urea groups is 1. The molecule has 1 aliphatic heterocycles. The molecule has 3 amide bonds. The Morgan fingerprint density at radius 2 is 1.75 bits per heavy atom. The molecule has 2 aromatic carbocycles. The van der Waals surface area contributed by atoms with Crippen molar-refractivity contribution in [2.75, 3.05) is 23.3 Å². The minimum Gasteiger partial charge on any atom is -0.406 e. The van der Waals surface area contributed by atoms with E-state index in [1.807, 2.05) is 12.1 Å². The topological polar surface area (TPSA) is 61.9 Å². The van der Waals surface area contributed by atoms with Gasteiger partial charge in [0.15, 0.2) is 0 Å². The molecule has 1 heterocycles. The van der Waals surface area contributed by atoms with E-state index < -0.39 is 6.36 Å². The van der Waals surface area contributed by atoms with E-state index in [1.165, 1.54) is 24.3 Å². The second-order valence-corrected chi connectivity index (χ2v) is 8.04. The van der Waals surface area contributed by atoms with E-state index in [4.69, 9.17) is 0 Å². The Kier molecular flexibility index (Phi) is 6.25. The number of alkyl halides is 3. The number of carbonyl (C=O) groups excluding carboxylic acids is 2. The first-order chi connectivity index (χ1) is 15.3. The molecule has 0 radical (unpaired) electrons. The van der Waals surface area contributed by atoms with Crippen molar-refractivity contribution in [1.82, 2.24) is 4.90 Å². The summed E-state index contributed by atoms with van der Waals surface area (Å²) in [4.78, 5) is 28.9. The first-order valence-electron chi connectivity index (χ1n) is 10.6. The molecule has 0 bridgehead atoms. The van der Waals surface area contributed by atoms with E-state index >= 15 is 0 Å². The summed E-state index contributed by atoms with van der Waals surface area (Å²) in [5.74, 6) is -0.295. The van der Waals surface area contributed by atoms with Gasteiger partial charge in [0.05, 0.1) is 11.4 Å². The Morgan fingerprint density at radius 3 is 2.41 bits per heavy atom. The maximum absolute atomic E-state index is 13.2. The van der Waals surface area contributed by atoms with Gasteiger partial charge < -0.3 is 15.0 Å². The monoisotopic (exact) mass is 447 g/mol. The molecular formula is C23H24F3N3O3. The molecule has 170 valence electrons. The maximum atomic E-state index is 13.2. The standard InChI is InChI=1S/C23H24F3N3O3/c24-23(25,26)32-18-11-9-16(10-12-18)15-28-13-4-14-29(22(28)31)20-8-2-1-7-19(20)27-21(30)17-5-3-6-17/h1-2,7-12,17H,3-6,13-15H2,(H,27,30). The van der Waals surface area contributed by atoms with E-state index in [1.54, 1.807) is 21.9 Å². The van der Waals surface area contributed by atoms with Crippen molar-refractivity contribution < 1.29 is 27.5 Å². The Hall–Kier alpha value is -3.23. The van der Waals surface area contributed by atoms with Crippen molar-refractivity contribution >= 4 is 23.3 Å². The molecule has 1 aliphatic carbocycles. The first-order valence-corrected chi connectivity index (χ1v) is 10.6. The van der Waals surface area contributed by atoms with Gasteiger partial charge in [-0.3, -0.25) is 9.69 Å². The molecule has 6 nitrogen and oxygen atoms in total. The van der Waals surface area contributed by atoms with Crippen LogP contribution in [0.15, 0.2) is 48.5 Å². The number of halogens is 3. The van der Waals surface area contributed by atoms with Crippen molar-refractivity contribution in [3.63, 3.8) is 0 Å². The van der Waals surface area contributed by atoms with E-state index in [9.17, 15) is 22.8 Å². The number of hydrogen-bond donors (Lipinski definition) is 1. The summed E-state index contributed by atoms with van der Waals surface area (Å²) in [6.45, 7) is 1.31. The highest BCUT2D eigenvalue weighted by Gasteiger charge is 2.32. The molecule has 0 spiro atoms. The van der Waals surface area contributed by atoms with Crippen LogP contribution < -0.4 is 15.0 Å². The lowest BCUT2D eigenvalue weighted by Gasteiger charge is -2.36. The number of rotatable bonds is 6. The average molecular weight is 447 g/mol. The Labute approximate surface area is 183 Å². The summed E-state index contributed by atoms with van der Waals surface area (Å²) >= 11 is 0. The predicted molar refractivity (Wildman–Crippen MR) is 113 cm³/mol. The van der Waals surface area contributed by atoms with Crippen LogP contribution in [0.5, 0.6) is 5.75 Å². The molecule has 32 heavy (non-hydrogen) atoms. The molecule has 1 saturated heterocycles. The summed E-state index contributed by atoms with van der Waals surface area (Å²) in [6, 6.07) is 12.5. The Bertz CT molecular complexity index is 974. The van der Waals surface area contributed by atoms with Gasteiger partial charge in [0, 0.05) is 25.6 Å². The second-order valence-electron chi connectivity index (χ2n) is 8.04. The summed E-state index contributed by atoms with van der Waals surface area (Å²) in [5, 5.41) is 2.96. The summed E-state index contributed by atoms with van der Waals surface area (Å²) in [6.07, 6.45) is -1.19. The fourth-order valence-corrected chi connectivity index (χ4v) is 3.89. The van der Waals surface area contributed by atoms with E-state index in [0.29, 0.717) is 30.0 Å². The number of para-hydroxylation sites is 2. The minimum absolute atomic E-state index is 0.0221. The molecule has 1 N–H and O–H groups in total. The molecule has 1 saturated carbocycles. The molecular weight excluding hydrogens is 423 g/mol. The van der Waals surface area contributed by atoms with Gasteiger partial charge in [-0.05, 0) is 49.1 Å². The SMILES string of the molecule is O=C(Nc1ccccc1N1CCCN(Cc2ccc(OC(F)(F)F)cc2)C1=O)C1CCC1. The zero-order valence-electron chi connectivity index (χ0n) is 17.4. The number of nitrogens with zero attached hydrogens (tertiary/aromatic N) is 2. The van der Waals surface area contributed by atoms with Gasteiger partial charge in [0.2, 0.25) is 5.91 Å². The number of hydrogen-bond acceptors (Lipinski definition) is 3. The largest absolute Gasteiger partial charge is 0.573 e. The highest BCUT2D eigenvalue weighted by atomic mass is 19.4. The number of carbonyl (C=O) groups is 2. The van der Waals surface area contributed by atoms with Crippen LogP contribution in [0.2, 0.25) is 0 Å². The number of nitrogens with one attached hydrogen (secondary N) is 1. The third-order valence-electron chi connectivity index (χ3n) is 5.77. The van der Waals surface area contributed by atoms with Gasteiger partial charge in [-0.1, -0.05) is 30.7 Å². The number of anilines is 2. The van der Waals surface area contributed by atoms with Gasteiger partial charge in [0.1, 0.15) is 5.75 Å². The van der Waals surface area contributed by atoms with E-state index in [2.05, 4.69) is 10.1 Å². The predicted octanol–water partition coefficient (Wildman–Crippen LogP) is 5.16. The highest BCUT2D eigenvalue weighted by Crippen LogP contribution is 2.32. The van der Waals surface area contributed by atoms with Crippen LogP contribution in [-0.2, 0) is 11.3 Å². The zero-order chi connectivity index (χ0) is 22.7. The molecule has 4 rings (SSSR count). The lowest BCUT2D eigenvalue weighted by molar-refractivity contribution is -0.274. The molecule has 2 fully saturated rings. The molecule has 9 heteroatoms. The third-order valence-corrected chi connectivity index (χ3v) is 5.77. The fraction of sp³-hybridized carbons (Fsp3) is 0.391. The number of amides is 3. The van der Waals surface area contributed by atoms with E-state index in [0.717, 1.165) is 25.7 Å². The van der Waals surface area contributed by atoms with Gasteiger partial charge in [-0.2, -0.15) is 0 Å². The van der Waals surface area contributed by atoms with Crippen LogP contribution in [0, 0.1) is 5.92 Å². The molecule has 2 aliphatic rings. The molecule has 0 aromatic heterocycles. The molecule has 0 atom stereocenters. The lowest BCUT2D eigenvalue weighted by Crippen LogP contribution is -2.49. The van der Waals surface area contributed by atoms with Gasteiger partial charge in [-0.25, -0.2) is 4.79 Å². The van der Waals surface area contributed by atoms with Gasteiger partial charge in [0.25, 0.3) is 0 Å². The minimum atomic E-state index is -4.74. The summed E-state index contributed by atoms with van der Waals surface area (Å²) in [7, 11) is 0. The van der Waals surface area contributed by atoms with Crippen LogP contribution in [0.1, 0.15) is 31.2 Å². The van der Waals surface area contributed by atoms with Crippen molar-refractivity contribution in [3.05, 3.63) is 54.1 Å². The summed E-state index contributed by atoms with van der Waals surface area (Å²) < 4.78 is 40.9. The van der Waals surface area contributed by atoms with Crippen molar-refractivity contribution in [1.29, 1.82) is 0 Å². The summed E-state index contributed by atoms with van der Waals surface area (Å²) in [5.41, 5.74) is 1.94. The highest BCUT2D eigenvalue weighted by molar-refractivity contribution is 6.01. The quantitative estimate of drug-likeness (QED) is 0.666. The first kappa shape index (κ1) is 22.0. The number of ether oxygens (including phenoxy) is 1. The van der Waals surface area contributed by atoms with Crippen molar-refractivity contribution in [2.24, 2.45) is 5.92 Å². The Balaban J connectivity index is 1.45. The zero-order valence-corrected chi connectivity index (χ0v) is 17.4. The van der Waals surface area contributed by atoms with E-state index in [-0.39, 0.29) is 30.2 Å². The molecule has 2 aromatic rings. The van der Waals surface area contributed by atoms with Crippen LogP contribution >= 0.6 is 0 Å². The van der Waals surface area contributed by atoms with Crippen LogP contribution in [0.25, 0.3) is 0 Å². The number of benzene rings is 2. The Morgan fingerprint density at radius 1 is 1.03 bits per heavy atom. The molecule has 0 unspecified atom stereocenters. The average Bonchev–Trinajstić information content (AvgIpc) is 2.69. The van der Waals surface area contributed by atoms with Crippen molar-refractivity contribution in [2.45, 2.75) is 38.6 Å². The smallest absolute Gasteiger partial charge is 0.406 e. The van der Waals surface area contributed by atoms with Crippen LogP contribution in [0.4, 0.5) is 29.3 Å². The fourth-order valence-electron chi connectivity index (χ4n) is 3.89. The maximum Gasteiger partial charge on any atom is 0.573 e.